The maximum Gasteiger partial charge on any atom is 0.0951 e. The second-order valence-electron chi connectivity index (χ2n) is 4.48. The number of pyridine rings is 1. The number of rotatable bonds is 5. The second kappa shape index (κ2) is 4.67. The van der Waals surface area contributed by atoms with Crippen molar-refractivity contribution in [3.63, 3.8) is 0 Å². The van der Waals surface area contributed by atoms with Gasteiger partial charge in [0.05, 0.1) is 12.0 Å². The van der Waals surface area contributed by atoms with Crippen LogP contribution in [0.3, 0.4) is 0 Å². The molecule has 0 radical (unpaired) electrons. The van der Waals surface area contributed by atoms with Crippen LogP contribution in [-0.4, -0.2) is 14.5 Å². The molecule has 1 aliphatic rings. The van der Waals surface area contributed by atoms with Gasteiger partial charge in [0.1, 0.15) is 0 Å². The van der Waals surface area contributed by atoms with E-state index < -0.39 is 0 Å². The molecule has 2 heterocycles. The molecular weight excluding hydrogens is 212 g/mol. The number of nitrogens with one attached hydrogen (secondary N) is 1. The molecule has 0 atom stereocenters. The zero-order valence-electron chi connectivity index (χ0n) is 9.71. The molecule has 3 rings (SSSR count). The molecule has 0 spiro atoms. The molecule has 2 aromatic heterocycles. The van der Waals surface area contributed by atoms with Crippen molar-refractivity contribution in [3.05, 3.63) is 48.3 Å². The average molecular weight is 228 g/mol. The van der Waals surface area contributed by atoms with Gasteiger partial charge in [0.25, 0.3) is 0 Å². The summed E-state index contributed by atoms with van der Waals surface area (Å²) in [5.41, 5.74) is 2.54. The maximum absolute atomic E-state index is 4.22. The van der Waals surface area contributed by atoms with Crippen molar-refractivity contribution in [3.8, 4) is 0 Å². The molecule has 1 N–H and O–H groups in total. The Labute approximate surface area is 101 Å². The third-order valence-electron chi connectivity index (χ3n) is 3.07. The van der Waals surface area contributed by atoms with Crippen LogP contribution in [0.2, 0.25) is 0 Å². The van der Waals surface area contributed by atoms with Gasteiger partial charge in [0.15, 0.2) is 0 Å². The molecule has 0 aromatic carbocycles. The van der Waals surface area contributed by atoms with Crippen LogP contribution >= 0.6 is 0 Å². The molecule has 1 fully saturated rings. The van der Waals surface area contributed by atoms with Crippen molar-refractivity contribution < 1.29 is 0 Å². The molecule has 88 valence electrons. The van der Waals surface area contributed by atoms with Crippen molar-refractivity contribution >= 4 is 0 Å². The highest BCUT2D eigenvalue weighted by Crippen LogP contribution is 2.35. The third kappa shape index (κ3) is 2.53. The van der Waals surface area contributed by atoms with E-state index in [0.29, 0.717) is 6.04 Å². The van der Waals surface area contributed by atoms with Gasteiger partial charge >= 0.3 is 0 Å². The number of hydrogen-bond donors (Lipinski definition) is 1. The molecule has 4 heteroatoms. The molecular formula is C13H16N4. The Hall–Kier alpha value is -1.68. The Morgan fingerprint density at radius 3 is 2.76 bits per heavy atom. The molecule has 0 unspecified atom stereocenters. The summed E-state index contributed by atoms with van der Waals surface area (Å²) in [6.45, 7) is 1.75. The average Bonchev–Trinajstić information content (AvgIpc) is 3.11. The topological polar surface area (TPSA) is 42.7 Å². The largest absolute Gasteiger partial charge is 0.330 e. The van der Waals surface area contributed by atoms with Gasteiger partial charge in [-0.05, 0) is 30.5 Å². The number of hydrogen-bond acceptors (Lipinski definition) is 3. The van der Waals surface area contributed by atoms with Crippen LogP contribution in [0.1, 0.15) is 30.1 Å². The van der Waals surface area contributed by atoms with Gasteiger partial charge < -0.3 is 9.88 Å². The molecule has 0 saturated heterocycles. The van der Waals surface area contributed by atoms with Gasteiger partial charge in [0.2, 0.25) is 0 Å². The fourth-order valence-electron chi connectivity index (χ4n) is 1.99. The minimum atomic E-state index is 0.704. The lowest BCUT2D eigenvalue weighted by atomic mass is 10.2. The molecule has 0 amide bonds. The number of imidazole rings is 1. The first-order chi connectivity index (χ1) is 8.43. The summed E-state index contributed by atoms with van der Waals surface area (Å²) in [4.78, 5) is 8.23. The molecule has 17 heavy (non-hydrogen) atoms. The number of aromatic nitrogens is 3. The molecule has 2 aromatic rings. The Morgan fingerprint density at radius 1 is 1.18 bits per heavy atom. The van der Waals surface area contributed by atoms with Crippen LogP contribution < -0.4 is 5.32 Å². The van der Waals surface area contributed by atoms with Gasteiger partial charge in [-0.25, -0.2) is 4.98 Å². The summed E-state index contributed by atoms with van der Waals surface area (Å²) in [6, 6.07) is 4.77. The van der Waals surface area contributed by atoms with E-state index in [9.17, 15) is 0 Å². The lowest BCUT2D eigenvalue weighted by Crippen LogP contribution is -2.15. The highest BCUT2D eigenvalue weighted by atomic mass is 15.1. The summed E-state index contributed by atoms with van der Waals surface area (Å²) >= 11 is 0. The van der Waals surface area contributed by atoms with E-state index in [1.165, 1.54) is 24.1 Å². The lowest BCUT2D eigenvalue weighted by molar-refractivity contribution is 0.620. The summed E-state index contributed by atoms with van der Waals surface area (Å²) < 4.78 is 2.29. The van der Waals surface area contributed by atoms with Crippen LogP contribution in [0.5, 0.6) is 0 Å². The maximum atomic E-state index is 4.22. The van der Waals surface area contributed by atoms with E-state index in [4.69, 9.17) is 0 Å². The minimum absolute atomic E-state index is 0.704. The Morgan fingerprint density at radius 2 is 2.00 bits per heavy atom. The fourth-order valence-corrected chi connectivity index (χ4v) is 1.99. The van der Waals surface area contributed by atoms with Crippen molar-refractivity contribution in [1.82, 2.24) is 19.9 Å². The predicted molar refractivity (Wildman–Crippen MR) is 65.3 cm³/mol. The summed E-state index contributed by atoms with van der Waals surface area (Å²) in [7, 11) is 0. The summed E-state index contributed by atoms with van der Waals surface area (Å²) in [5, 5.41) is 3.44. The first-order valence-electron chi connectivity index (χ1n) is 6.04. The first-order valence-corrected chi connectivity index (χ1v) is 6.04. The highest BCUT2D eigenvalue weighted by Gasteiger charge is 2.24. The van der Waals surface area contributed by atoms with E-state index in [1.54, 1.807) is 0 Å². The summed E-state index contributed by atoms with van der Waals surface area (Å²) in [6.07, 6.45) is 10.2. The van der Waals surface area contributed by atoms with Gasteiger partial charge in [-0.2, -0.15) is 0 Å². The zero-order chi connectivity index (χ0) is 11.5. The highest BCUT2D eigenvalue weighted by molar-refractivity contribution is 5.10. The molecule has 0 aliphatic heterocycles. The summed E-state index contributed by atoms with van der Waals surface area (Å²) in [5.74, 6) is 0. The Balaban J connectivity index is 1.55. The predicted octanol–water partition coefficient (Wildman–Crippen LogP) is 1.90. The Kier molecular flexibility index (Phi) is 2.88. The first kappa shape index (κ1) is 10.5. The lowest BCUT2D eigenvalue weighted by Gasteiger charge is -2.07. The van der Waals surface area contributed by atoms with Gasteiger partial charge in [-0.3, -0.25) is 4.98 Å². The Bertz CT molecular complexity index is 473. The van der Waals surface area contributed by atoms with Crippen molar-refractivity contribution in [2.24, 2.45) is 0 Å². The van der Waals surface area contributed by atoms with Crippen LogP contribution in [0.25, 0.3) is 0 Å². The van der Waals surface area contributed by atoms with E-state index in [2.05, 4.69) is 19.9 Å². The normalized spacial score (nSPS) is 15.1. The molecule has 1 aliphatic carbocycles. The molecule has 1 saturated carbocycles. The quantitative estimate of drug-likeness (QED) is 0.850. The van der Waals surface area contributed by atoms with Crippen LogP contribution in [0.15, 0.2) is 37.1 Å². The van der Waals surface area contributed by atoms with E-state index in [1.807, 2.05) is 37.1 Å². The smallest absolute Gasteiger partial charge is 0.0951 e. The monoisotopic (exact) mass is 228 g/mol. The van der Waals surface area contributed by atoms with E-state index in [-0.39, 0.29) is 0 Å². The zero-order valence-corrected chi connectivity index (χ0v) is 9.71. The minimum Gasteiger partial charge on any atom is -0.330 e. The SMILES string of the molecule is c1cc(CNCc2cncn2C2CC2)ccn1. The van der Waals surface area contributed by atoms with Crippen LogP contribution in [0, 0.1) is 0 Å². The van der Waals surface area contributed by atoms with Crippen molar-refractivity contribution in [2.45, 2.75) is 32.0 Å². The van der Waals surface area contributed by atoms with Gasteiger partial charge in [-0.1, -0.05) is 0 Å². The fraction of sp³-hybridized carbons (Fsp3) is 0.385. The van der Waals surface area contributed by atoms with Gasteiger partial charge in [0, 0.05) is 37.7 Å². The second-order valence-corrected chi connectivity index (χ2v) is 4.48. The van der Waals surface area contributed by atoms with Gasteiger partial charge in [-0.15, -0.1) is 0 Å². The molecule has 4 nitrogen and oxygen atoms in total. The van der Waals surface area contributed by atoms with Crippen LogP contribution in [0.4, 0.5) is 0 Å². The van der Waals surface area contributed by atoms with Crippen molar-refractivity contribution in [2.75, 3.05) is 0 Å². The van der Waals surface area contributed by atoms with Crippen LogP contribution in [-0.2, 0) is 13.1 Å². The standard InChI is InChI=1S/C13H16N4/c1-2-12(1)17-10-16-9-13(17)8-15-7-11-3-5-14-6-4-11/h3-6,9-10,12,15H,1-2,7-8H2. The van der Waals surface area contributed by atoms with E-state index in [0.717, 1.165) is 13.1 Å². The van der Waals surface area contributed by atoms with E-state index >= 15 is 0 Å². The number of nitrogens with zero attached hydrogens (tertiary/aromatic N) is 3. The third-order valence-corrected chi connectivity index (χ3v) is 3.07. The van der Waals surface area contributed by atoms with Crippen molar-refractivity contribution in [1.29, 1.82) is 0 Å². The molecule has 0 bridgehead atoms.